The van der Waals surface area contributed by atoms with E-state index in [1.54, 1.807) is 0 Å². The highest BCUT2D eigenvalue weighted by atomic mass is 15.0. The van der Waals surface area contributed by atoms with E-state index in [-0.39, 0.29) is 0 Å². The number of nitrogens with zero attached hydrogens (tertiary/aromatic N) is 6. The molecule has 9 aromatic carbocycles. The zero-order valence-corrected chi connectivity index (χ0v) is 35.1. The van der Waals surface area contributed by atoms with E-state index >= 15 is 0 Å². The van der Waals surface area contributed by atoms with Crippen LogP contribution in [0.4, 0.5) is 0 Å². The number of benzene rings is 9. The van der Waals surface area contributed by atoms with Gasteiger partial charge in [-0.15, -0.1) is 0 Å². The minimum atomic E-state index is 0.612. The molecule has 0 unspecified atom stereocenters. The number of hydrogen-bond acceptors (Lipinski definition) is 5. The Labute approximate surface area is 375 Å². The highest BCUT2D eigenvalue weighted by Gasteiger charge is 2.18. The summed E-state index contributed by atoms with van der Waals surface area (Å²) in [6.07, 6.45) is 0. The maximum absolute atomic E-state index is 5.25. The second-order valence-electron chi connectivity index (χ2n) is 16.1. The van der Waals surface area contributed by atoms with Crippen LogP contribution in [0.25, 0.3) is 117 Å². The fourth-order valence-corrected chi connectivity index (χ4v) is 8.88. The number of para-hydroxylation sites is 1. The van der Waals surface area contributed by atoms with Crippen LogP contribution >= 0.6 is 0 Å². The van der Waals surface area contributed by atoms with Gasteiger partial charge in [0.2, 0.25) is 0 Å². The van der Waals surface area contributed by atoms with Crippen LogP contribution in [0.1, 0.15) is 0 Å². The summed E-state index contributed by atoms with van der Waals surface area (Å²) in [7, 11) is 0. The van der Waals surface area contributed by atoms with Crippen LogP contribution in [0, 0.1) is 0 Å². The van der Waals surface area contributed by atoms with Crippen molar-refractivity contribution in [2.24, 2.45) is 0 Å². The minimum absolute atomic E-state index is 0.612. The van der Waals surface area contributed by atoms with E-state index in [0.29, 0.717) is 23.3 Å². The third-order valence-electron chi connectivity index (χ3n) is 12.0. The van der Waals surface area contributed by atoms with Crippen LogP contribution in [0.15, 0.2) is 231 Å². The second-order valence-corrected chi connectivity index (χ2v) is 16.1. The van der Waals surface area contributed by atoms with E-state index in [0.717, 1.165) is 67.1 Å². The summed E-state index contributed by atoms with van der Waals surface area (Å²) in [6.45, 7) is 0. The lowest BCUT2D eigenvalue weighted by molar-refractivity contribution is 1.07. The maximum Gasteiger partial charge on any atom is 0.164 e. The molecule has 6 heteroatoms. The van der Waals surface area contributed by atoms with Gasteiger partial charge in [-0.1, -0.05) is 188 Å². The average Bonchev–Trinajstić information content (AvgIpc) is 3.74. The Hall–Kier alpha value is -8.87. The lowest BCUT2D eigenvalue weighted by Gasteiger charge is -2.12. The largest absolute Gasteiger partial charge is 0.309 e. The van der Waals surface area contributed by atoms with E-state index < -0.39 is 0 Å². The van der Waals surface area contributed by atoms with Gasteiger partial charge in [-0.25, -0.2) is 24.9 Å². The predicted molar refractivity (Wildman–Crippen MR) is 265 cm³/mol. The zero-order chi connectivity index (χ0) is 43.1. The summed E-state index contributed by atoms with van der Waals surface area (Å²) in [5.41, 5.74) is 13.0. The summed E-state index contributed by atoms with van der Waals surface area (Å²) in [5.74, 6) is 2.54. The van der Waals surface area contributed by atoms with E-state index in [2.05, 4.69) is 156 Å². The molecule has 304 valence electrons. The summed E-state index contributed by atoms with van der Waals surface area (Å²) < 4.78 is 2.39. The molecular formula is C59H38N6. The van der Waals surface area contributed by atoms with E-state index in [9.17, 15) is 0 Å². The fraction of sp³-hybridized carbons (Fsp3) is 0. The van der Waals surface area contributed by atoms with Gasteiger partial charge in [-0.3, -0.25) is 0 Å². The molecule has 65 heavy (non-hydrogen) atoms. The van der Waals surface area contributed by atoms with Crippen molar-refractivity contribution >= 4 is 32.6 Å². The number of fused-ring (bicyclic) bond motifs is 5. The van der Waals surface area contributed by atoms with Crippen molar-refractivity contribution in [1.82, 2.24) is 29.5 Å². The second kappa shape index (κ2) is 16.1. The minimum Gasteiger partial charge on any atom is -0.309 e. The average molecular weight is 831 g/mol. The van der Waals surface area contributed by atoms with Crippen LogP contribution in [0.3, 0.4) is 0 Å². The fourth-order valence-electron chi connectivity index (χ4n) is 8.88. The lowest BCUT2D eigenvalue weighted by Crippen LogP contribution is -2.00. The molecule has 0 saturated heterocycles. The Morgan fingerprint density at radius 2 is 0.723 bits per heavy atom. The van der Waals surface area contributed by atoms with Gasteiger partial charge in [0.1, 0.15) is 0 Å². The highest BCUT2D eigenvalue weighted by molar-refractivity contribution is 6.19. The van der Waals surface area contributed by atoms with Crippen molar-refractivity contribution < 1.29 is 0 Å². The van der Waals surface area contributed by atoms with Gasteiger partial charge in [0, 0.05) is 55.2 Å². The molecule has 0 N–H and O–H groups in total. The first-order chi connectivity index (χ1) is 32.2. The summed E-state index contributed by atoms with van der Waals surface area (Å²) >= 11 is 0. The highest BCUT2D eigenvalue weighted by Crippen LogP contribution is 2.39. The SMILES string of the molecule is c1ccc(-c2nc(-c3cccc(-c4cccc(-c5nc(-c6ccccc6)nc(-c6ccccc6)n5)c4)c3)cc(-c3ccc4c(c3)c3ccc5ccccc5c3n4-c3ccccc3)n2)cc1. The molecule has 0 spiro atoms. The van der Waals surface area contributed by atoms with Crippen molar-refractivity contribution in [3.8, 4) is 84.9 Å². The van der Waals surface area contributed by atoms with Crippen molar-refractivity contribution in [2.75, 3.05) is 0 Å². The Balaban J connectivity index is 0.975. The van der Waals surface area contributed by atoms with Gasteiger partial charge in [-0.2, -0.15) is 0 Å². The normalized spacial score (nSPS) is 11.4. The summed E-state index contributed by atoms with van der Waals surface area (Å²) in [4.78, 5) is 25.4. The molecule has 0 atom stereocenters. The van der Waals surface area contributed by atoms with Crippen molar-refractivity contribution in [3.63, 3.8) is 0 Å². The quantitative estimate of drug-likeness (QED) is 0.153. The van der Waals surface area contributed by atoms with E-state index in [1.165, 1.54) is 27.1 Å². The molecule has 0 amide bonds. The van der Waals surface area contributed by atoms with Crippen LogP contribution in [-0.4, -0.2) is 29.5 Å². The molecule has 12 aromatic rings. The smallest absolute Gasteiger partial charge is 0.164 e. The number of aromatic nitrogens is 6. The van der Waals surface area contributed by atoms with Gasteiger partial charge >= 0.3 is 0 Å². The van der Waals surface area contributed by atoms with Gasteiger partial charge in [0.15, 0.2) is 23.3 Å². The topological polar surface area (TPSA) is 69.4 Å². The third-order valence-corrected chi connectivity index (χ3v) is 12.0. The monoisotopic (exact) mass is 830 g/mol. The Morgan fingerprint density at radius 3 is 1.34 bits per heavy atom. The maximum atomic E-state index is 5.25. The first-order valence-corrected chi connectivity index (χ1v) is 21.7. The van der Waals surface area contributed by atoms with Crippen LogP contribution in [-0.2, 0) is 0 Å². The van der Waals surface area contributed by atoms with Crippen molar-refractivity contribution in [2.45, 2.75) is 0 Å². The van der Waals surface area contributed by atoms with Crippen molar-refractivity contribution in [1.29, 1.82) is 0 Å². The first kappa shape index (κ1) is 37.9. The molecule has 0 aliphatic heterocycles. The zero-order valence-electron chi connectivity index (χ0n) is 35.1. The van der Waals surface area contributed by atoms with Gasteiger partial charge < -0.3 is 4.57 Å². The van der Waals surface area contributed by atoms with E-state index in [1.807, 2.05) is 78.9 Å². The molecule has 0 bridgehead atoms. The Morgan fingerprint density at radius 1 is 0.262 bits per heavy atom. The Kier molecular flexibility index (Phi) is 9.38. The molecular weight excluding hydrogens is 793 g/mol. The molecule has 0 aliphatic rings. The van der Waals surface area contributed by atoms with Crippen LogP contribution < -0.4 is 0 Å². The number of rotatable bonds is 8. The molecule has 0 saturated carbocycles. The first-order valence-electron chi connectivity index (χ1n) is 21.7. The molecule has 3 aromatic heterocycles. The molecule has 3 heterocycles. The van der Waals surface area contributed by atoms with Crippen LogP contribution in [0.2, 0.25) is 0 Å². The summed E-state index contributed by atoms with van der Waals surface area (Å²) in [5, 5.41) is 4.79. The standard InChI is InChI=1S/C59H38N6/c1-5-18-40(19-6-1)56-60-52(38-53(61-56)46-32-34-54-51(37-46)50-33-31-39-17-13-14-30-49(39)55(50)65(54)48-28-11-4-12-29-48)45-26-15-24-43(35-45)44-25-16-27-47(36-44)59-63-57(41-20-7-2-8-21-41)62-58(64-59)42-22-9-3-10-23-42/h1-38H. The molecule has 0 radical (unpaired) electrons. The molecule has 0 fully saturated rings. The predicted octanol–water partition coefficient (Wildman–Crippen LogP) is 14.6. The molecule has 0 aliphatic carbocycles. The molecule has 12 rings (SSSR count). The van der Waals surface area contributed by atoms with Gasteiger partial charge in [0.25, 0.3) is 0 Å². The third kappa shape index (κ3) is 7.09. The summed E-state index contributed by atoms with van der Waals surface area (Å²) in [6, 6.07) is 79.9. The number of hydrogen-bond donors (Lipinski definition) is 0. The van der Waals surface area contributed by atoms with E-state index in [4.69, 9.17) is 24.9 Å². The van der Waals surface area contributed by atoms with Crippen molar-refractivity contribution in [3.05, 3.63) is 231 Å². The van der Waals surface area contributed by atoms with Gasteiger partial charge in [0.05, 0.1) is 22.4 Å². The Bertz CT molecular complexity index is 3640. The molecule has 6 nitrogen and oxygen atoms in total. The lowest BCUT2D eigenvalue weighted by atomic mass is 9.98. The van der Waals surface area contributed by atoms with Crippen LogP contribution in [0.5, 0.6) is 0 Å². The van der Waals surface area contributed by atoms with Gasteiger partial charge in [-0.05, 0) is 59.0 Å².